The summed E-state index contributed by atoms with van der Waals surface area (Å²) in [4.78, 5) is 9.72. The molecule has 0 saturated heterocycles. The third-order valence-electron chi connectivity index (χ3n) is 6.95. The van der Waals surface area contributed by atoms with Crippen LogP contribution in [0, 0.1) is 0 Å². The van der Waals surface area contributed by atoms with Crippen LogP contribution in [0.1, 0.15) is 0 Å². The van der Waals surface area contributed by atoms with Crippen molar-refractivity contribution in [3.05, 3.63) is 109 Å². The van der Waals surface area contributed by atoms with Gasteiger partial charge in [0.25, 0.3) is 0 Å². The maximum atomic E-state index is 6.05. The van der Waals surface area contributed by atoms with E-state index in [0.717, 1.165) is 33.1 Å². The first kappa shape index (κ1) is 19.7. The van der Waals surface area contributed by atoms with E-state index in [1.807, 2.05) is 23.6 Å². The summed E-state index contributed by atoms with van der Waals surface area (Å²) in [7, 11) is 0. The van der Waals surface area contributed by atoms with Crippen molar-refractivity contribution < 1.29 is 4.42 Å². The van der Waals surface area contributed by atoms with Crippen LogP contribution >= 0.6 is 11.3 Å². The highest BCUT2D eigenvalue weighted by molar-refractivity contribution is 7.26. The number of furan rings is 1. The predicted molar refractivity (Wildman–Crippen MR) is 151 cm³/mol. The standard InChI is InChI=1S/C32H18N2OS/c1-2-10-22-19(7-1)15-16-27-29(22)30-32(35-27)33-18-26(34-30)21-9-5-8-20(17-21)23-12-6-13-25-24-11-3-4-14-28(24)36-31(23)25/h1-18H. The fourth-order valence-corrected chi connectivity index (χ4v) is 6.50. The van der Waals surface area contributed by atoms with Gasteiger partial charge in [0.05, 0.1) is 17.3 Å². The molecule has 0 saturated carbocycles. The monoisotopic (exact) mass is 478 g/mol. The van der Waals surface area contributed by atoms with Gasteiger partial charge in [-0.05, 0) is 40.1 Å². The summed E-state index contributed by atoms with van der Waals surface area (Å²) in [5.74, 6) is 0. The SMILES string of the molecule is c1cc(-c2cnc3oc4ccc5ccccc5c4c3n2)cc(-c2cccc3c2sc2ccccc23)c1. The van der Waals surface area contributed by atoms with Crippen LogP contribution in [0.4, 0.5) is 0 Å². The zero-order chi connectivity index (χ0) is 23.6. The number of hydrogen-bond donors (Lipinski definition) is 0. The molecule has 0 bridgehead atoms. The zero-order valence-corrected chi connectivity index (χ0v) is 19.9. The first-order chi connectivity index (χ1) is 17.8. The summed E-state index contributed by atoms with van der Waals surface area (Å²) in [5, 5.41) is 5.93. The highest BCUT2D eigenvalue weighted by atomic mass is 32.1. The molecule has 3 heterocycles. The Morgan fingerprint density at radius 1 is 0.667 bits per heavy atom. The van der Waals surface area contributed by atoms with E-state index in [2.05, 4.69) is 102 Å². The maximum Gasteiger partial charge on any atom is 0.246 e. The Kier molecular flexibility index (Phi) is 4.10. The molecule has 8 aromatic rings. The van der Waals surface area contributed by atoms with Gasteiger partial charge in [0.2, 0.25) is 5.71 Å². The second-order valence-electron chi connectivity index (χ2n) is 9.03. The molecule has 8 rings (SSSR count). The maximum absolute atomic E-state index is 6.05. The quantitative estimate of drug-likeness (QED) is 0.248. The Labute approximate surface area is 210 Å². The van der Waals surface area contributed by atoms with Crippen molar-refractivity contribution in [2.24, 2.45) is 0 Å². The van der Waals surface area contributed by atoms with E-state index in [4.69, 9.17) is 9.40 Å². The number of fused-ring (bicyclic) bond motifs is 8. The first-order valence-corrected chi connectivity index (χ1v) is 12.7. The molecule has 0 aliphatic rings. The minimum atomic E-state index is 0.566. The minimum absolute atomic E-state index is 0.566. The van der Waals surface area contributed by atoms with Gasteiger partial charge >= 0.3 is 0 Å². The van der Waals surface area contributed by atoms with Gasteiger partial charge in [-0.1, -0.05) is 84.9 Å². The lowest BCUT2D eigenvalue weighted by Gasteiger charge is -2.07. The average molecular weight is 479 g/mol. The van der Waals surface area contributed by atoms with Crippen molar-refractivity contribution in [2.75, 3.05) is 0 Å². The van der Waals surface area contributed by atoms with Crippen LogP contribution in [0.3, 0.4) is 0 Å². The van der Waals surface area contributed by atoms with Crippen molar-refractivity contribution in [3.63, 3.8) is 0 Å². The second-order valence-corrected chi connectivity index (χ2v) is 10.1. The molecule has 5 aromatic carbocycles. The second kappa shape index (κ2) is 7.48. The molecule has 3 nitrogen and oxygen atoms in total. The Hall–Kier alpha value is -4.54. The van der Waals surface area contributed by atoms with Gasteiger partial charge in [-0.3, -0.25) is 0 Å². The van der Waals surface area contributed by atoms with Crippen LogP contribution in [-0.4, -0.2) is 9.97 Å². The smallest absolute Gasteiger partial charge is 0.246 e. The summed E-state index contributed by atoms with van der Waals surface area (Å²) >= 11 is 1.85. The molecule has 0 N–H and O–H groups in total. The Balaban J connectivity index is 1.32. The van der Waals surface area contributed by atoms with Crippen molar-refractivity contribution in [3.8, 4) is 22.4 Å². The van der Waals surface area contributed by atoms with Crippen LogP contribution in [0.15, 0.2) is 114 Å². The number of benzene rings is 5. The molecule has 36 heavy (non-hydrogen) atoms. The minimum Gasteiger partial charge on any atom is -0.436 e. The van der Waals surface area contributed by atoms with E-state index >= 15 is 0 Å². The summed E-state index contributed by atoms with van der Waals surface area (Å²) in [6.45, 7) is 0. The summed E-state index contributed by atoms with van der Waals surface area (Å²) in [6, 6.07) is 36.2. The van der Waals surface area contributed by atoms with Gasteiger partial charge in [-0.15, -0.1) is 11.3 Å². The first-order valence-electron chi connectivity index (χ1n) is 11.9. The Bertz CT molecular complexity index is 2120. The fraction of sp³-hybridized carbons (Fsp3) is 0. The van der Waals surface area contributed by atoms with Crippen molar-refractivity contribution in [1.82, 2.24) is 9.97 Å². The largest absolute Gasteiger partial charge is 0.436 e. The normalized spacial score (nSPS) is 11.9. The van der Waals surface area contributed by atoms with Crippen LogP contribution in [0.5, 0.6) is 0 Å². The lowest BCUT2D eigenvalue weighted by Crippen LogP contribution is -1.88. The highest BCUT2D eigenvalue weighted by Crippen LogP contribution is 2.40. The third-order valence-corrected chi connectivity index (χ3v) is 8.17. The van der Waals surface area contributed by atoms with Crippen LogP contribution < -0.4 is 0 Å². The highest BCUT2D eigenvalue weighted by Gasteiger charge is 2.15. The fourth-order valence-electron chi connectivity index (χ4n) is 5.26. The Morgan fingerprint density at radius 3 is 2.44 bits per heavy atom. The number of rotatable bonds is 2. The molecule has 0 unspecified atom stereocenters. The van der Waals surface area contributed by atoms with E-state index < -0.39 is 0 Å². The molecular weight excluding hydrogens is 460 g/mol. The number of aromatic nitrogens is 2. The molecule has 0 radical (unpaired) electrons. The molecule has 3 aromatic heterocycles. The van der Waals surface area contributed by atoms with Crippen molar-refractivity contribution in [1.29, 1.82) is 0 Å². The lowest BCUT2D eigenvalue weighted by molar-refractivity contribution is 0.653. The molecule has 168 valence electrons. The van der Waals surface area contributed by atoms with E-state index in [0.29, 0.717) is 5.71 Å². The van der Waals surface area contributed by atoms with E-state index in [-0.39, 0.29) is 0 Å². The van der Waals surface area contributed by atoms with Gasteiger partial charge in [0.15, 0.2) is 0 Å². The third kappa shape index (κ3) is 2.85. The van der Waals surface area contributed by atoms with Crippen LogP contribution in [0.2, 0.25) is 0 Å². The van der Waals surface area contributed by atoms with Crippen molar-refractivity contribution in [2.45, 2.75) is 0 Å². The molecule has 0 fully saturated rings. The molecule has 0 aliphatic heterocycles. The van der Waals surface area contributed by atoms with Gasteiger partial charge in [-0.25, -0.2) is 9.97 Å². The van der Waals surface area contributed by atoms with Crippen LogP contribution in [-0.2, 0) is 0 Å². The Morgan fingerprint density at radius 2 is 1.47 bits per heavy atom. The lowest BCUT2D eigenvalue weighted by atomic mass is 10.00. The molecule has 0 atom stereocenters. The van der Waals surface area contributed by atoms with Gasteiger partial charge in [0.1, 0.15) is 11.1 Å². The van der Waals surface area contributed by atoms with E-state index in [1.165, 1.54) is 36.7 Å². The molecule has 0 amide bonds. The number of nitrogens with zero attached hydrogens (tertiary/aromatic N) is 2. The summed E-state index contributed by atoms with van der Waals surface area (Å²) < 4.78 is 8.67. The van der Waals surface area contributed by atoms with Crippen LogP contribution in [0.25, 0.3) is 75.5 Å². The summed E-state index contributed by atoms with van der Waals surface area (Å²) in [6.07, 6.45) is 1.81. The van der Waals surface area contributed by atoms with E-state index in [1.54, 1.807) is 0 Å². The summed E-state index contributed by atoms with van der Waals surface area (Å²) in [5.41, 5.74) is 6.47. The van der Waals surface area contributed by atoms with Gasteiger partial charge in [0, 0.05) is 25.7 Å². The van der Waals surface area contributed by atoms with Gasteiger partial charge in [-0.2, -0.15) is 0 Å². The number of hydrogen-bond acceptors (Lipinski definition) is 4. The zero-order valence-electron chi connectivity index (χ0n) is 19.1. The van der Waals surface area contributed by atoms with Crippen molar-refractivity contribution >= 4 is 64.5 Å². The topological polar surface area (TPSA) is 38.9 Å². The van der Waals surface area contributed by atoms with E-state index in [9.17, 15) is 0 Å². The molecule has 4 heteroatoms. The molecular formula is C32H18N2OS. The molecule has 0 aliphatic carbocycles. The average Bonchev–Trinajstić information content (AvgIpc) is 3.51. The molecule has 0 spiro atoms. The predicted octanol–water partition coefficient (Wildman–Crippen LogP) is 9.23. The number of thiophene rings is 1. The van der Waals surface area contributed by atoms with Gasteiger partial charge < -0.3 is 4.42 Å².